The molecule has 104 valence electrons. The van der Waals surface area contributed by atoms with E-state index in [0.29, 0.717) is 11.5 Å². The Balaban J connectivity index is 2.16. The number of methoxy groups -OCH3 is 2. The Kier molecular flexibility index (Phi) is 4.52. The molecule has 0 bridgehead atoms. The molecule has 0 spiro atoms. The molecule has 0 aliphatic rings. The van der Waals surface area contributed by atoms with Crippen molar-refractivity contribution in [2.45, 2.75) is 0 Å². The molecule has 1 aromatic carbocycles. The van der Waals surface area contributed by atoms with Gasteiger partial charge in [-0.25, -0.2) is 14.8 Å². The van der Waals surface area contributed by atoms with Crippen LogP contribution in [0.2, 0.25) is 0 Å². The zero-order chi connectivity index (χ0) is 14.5. The number of hydrogen-bond donors (Lipinski definition) is 0. The monoisotopic (exact) mass is 338 g/mol. The Bertz CT molecular complexity index is 616. The lowest BCUT2D eigenvalue weighted by molar-refractivity contribution is 0.0593. The van der Waals surface area contributed by atoms with Crippen LogP contribution in [0.15, 0.2) is 35.1 Å². The molecule has 0 fully saturated rings. The average molecular weight is 339 g/mol. The minimum Gasteiger partial charge on any atom is -0.497 e. The number of esters is 1. The predicted octanol–water partition coefficient (Wildman–Crippen LogP) is 2.83. The molecule has 20 heavy (non-hydrogen) atoms. The van der Waals surface area contributed by atoms with Crippen LogP contribution in [0.3, 0.4) is 0 Å². The number of carbonyl (C=O) groups excluding carboxylic acids is 1. The molecule has 2 aromatic rings. The molecule has 6 nitrogen and oxygen atoms in total. The first-order valence-corrected chi connectivity index (χ1v) is 6.35. The number of ether oxygens (including phenoxy) is 3. The van der Waals surface area contributed by atoms with Gasteiger partial charge in [-0.2, -0.15) is 0 Å². The molecule has 0 unspecified atom stereocenters. The van der Waals surface area contributed by atoms with Gasteiger partial charge in [-0.15, -0.1) is 0 Å². The van der Waals surface area contributed by atoms with Gasteiger partial charge in [0.25, 0.3) is 0 Å². The van der Waals surface area contributed by atoms with Crippen LogP contribution >= 0.6 is 15.9 Å². The first-order chi connectivity index (χ1) is 9.63. The highest BCUT2D eigenvalue weighted by atomic mass is 79.9. The van der Waals surface area contributed by atoms with Gasteiger partial charge in [-0.3, -0.25) is 0 Å². The SMILES string of the molecule is COC(=O)c1cnc(Oc2ccc(OC)cc2Br)cn1. The Hall–Kier alpha value is -2.15. The van der Waals surface area contributed by atoms with E-state index < -0.39 is 5.97 Å². The van der Waals surface area contributed by atoms with Crippen LogP contribution in [0.1, 0.15) is 10.5 Å². The summed E-state index contributed by atoms with van der Waals surface area (Å²) < 4.78 is 15.9. The van der Waals surface area contributed by atoms with E-state index in [0.717, 1.165) is 4.47 Å². The maximum Gasteiger partial charge on any atom is 0.358 e. The predicted molar refractivity (Wildman–Crippen MR) is 74.1 cm³/mol. The third kappa shape index (κ3) is 3.24. The number of nitrogens with zero attached hydrogens (tertiary/aromatic N) is 2. The molecular formula is C13H11BrN2O4. The first kappa shape index (κ1) is 14.3. The van der Waals surface area contributed by atoms with Crippen LogP contribution in [-0.2, 0) is 4.74 Å². The lowest BCUT2D eigenvalue weighted by atomic mass is 10.3. The minimum absolute atomic E-state index is 0.119. The lowest BCUT2D eigenvalue weighted by Crippen LogP contribution is -2.04. The van der Waals surface area contributed by atoms with Crippen molar-refractivity contribution in [3.63, 3.8) is 0 Å². The summed E-state index contributed by atoms with van der Waals surface area (Å²) in [5.74, 6) is 0.987. The highest BCUT2D eigenvalue weighted by Gasteiger charge is 2.09. The van der Waals surface area contributed by atoms with Crippen LogP contribution in [0.25, 0.3) is 0 Å². The summed E-state index contributed by atoms with van der Waals surface area (Å²) in [6, 6.07) is 5.26. The van der Waals surface area contributed by atoms with Gasteiger partial charge >= 0.3 is 5.97 Å². The smallest absolute Gasteiger partial charge is 0.358 e. The largest absolute Gasteiger partial charge is 0.497 e. The fourth-order valence-corrected chi connectivity index (χ4v) is 1.82. The summed E-state index contributed by atoms with van der Waals surface area (Å²) in [5.41, 5.74) is 0.119. The Labute approximate surface area is 123 Å². The van der Waals surface area contributed by atoms with Crippen molar-refractivity contribution in [3.05, 3.63) is 40.8 Å². The van der Waals surface area contributed by atoms with Gasteiger partial charge in [-0.05, 0) is 34.1 Å². The maximum absolute atomic E-state index is 11.2. The van der Waals surface area contributed by atoms with E-state index in [4.69, 9.17) is 9.47 Å². The fraction of sp³-hybridized carbons (Fsp3) is 0.154. The van der Waals surface area contributed by atoms with Crippen molar-refractivity contribution in [3.8, 4) is 17.4 Å². The second-order valence-electron chi connectivity index (χ2n) is 3.63. The third-order valence-electron chi connectivity index (χ3n) is 2.38. The maximum atomic E-state index is 11.2. The van der Waals surface area contributed by atoms with E-state index in [9.17, 15) is 4.79 Å². The average Bonchev–Trinajstić information content (AvgIpc) is 2.49. The van der Waals surface area contributed by atoms with Crippen LogP contribution < -0.4 is 9.47 Å². The van der Waals surface area contributed by atoms with Gasteiger partial charge in [0.05, 0.1) is 31.1 Å². The van der Waals surface area contributed by atoms with Crippen LogP contribution in [0, 0.1) is 0 Å². The number of carbonyl (C=O) groups is 1. The Morgan fingerprint density at radius 1 is 1.20 bits per heavy atom. The van der Waals surface area contributed by atoms with Crippen molar-refractivity contribution in [1.82, 2.24) is 9.97 Å². The number of rotatable bonds is 4. The van der Waals surface area contributed by atoms with Gasteiger partial charge < -0.3 is 14.2 Å². The first-order valence-electron chi connectivity index (χ1n) is 5.56. The molecule has 2 rings (SSSR count). The molecule has 7 heteroatoms. The summed E-state index contributed by atoms with van der Waals surface area (Å²) in [6.45, 7) is 0. The normalized spacial score (nSPS) is 9.95. The molecule has 0 aliphatic heterocycles. The number of halogens is 1. The molecule has 1 aromatic heterocycles. The highest BCUT2D eigenvalue weighted by Crippen LogP contribution is 2.31. The quantitative estimate of drug-likeness (QED) is 0.798. The van der Waals surface area contributed by atoms with E-state index in [1.165, 1.54) is 19.5 Å². The van der Waals surface area contributed by atoms with E-state index >= 15 is 0 Å². The van der Waals surface area contributed by atoms with E-state index in [1.807, 2.05) is 0 Å². The van der Waals surface area contributed by atoms with Crippen LogP contribution in [-0.4, -0.2) is 30.2 Å². The minimum atomic E-state index is -0.547. The van der Waals surface area contributed by atoms with Crippen molar-refractivity contribution in [2.24, 2.45) is 0 Å². The second-order valence-corrected chi connectivity index (χ2v) is 4.48. The topological polar surface area (TPSA) is 70.5 Å². The van der Waals surface area contributed by atoms with Gasteiger partial charge in [0.15, 0.2) is 5.69 Å². The highest BCUT2D eigenvalue weighted by molar-refractivity contribution is 9.10. The fourth-order valence-electron chi connectivity index (χ4n) is 1.38. The van der Waals surface area contributed by atoms with E-state index in [1.54, 1.807) is 25.3 Å². The molecular weight excluding hydrogens is 328 g/mol. The zero-order valence-corrected chi connectivity index (χ0v) is 12.4. The molecule has 0 atom stereocenters. The molecule has 0 saturated heterocycles. The third-order valence-corrected chi connectivity index (χ3v) is 3.00. The summed E-state index contributed by atoms with van der Waals surface area (Å²) in [6.07, 6.45) is 2.64. The van der Waals surface area contributed by atoms with E-state index in [-0.39, 0.29) is 11.6 Å². The van der Waals surface area contributed by atoms with Crippen LogP contribution in [0.4, 0.5) is 0 Å². The Morgan fingerprint density at radius 2 is 2.00 bits per heavy atom. The summed E-state index contributed by atoms with van der Waals surface area (Å²) in [7, 11) is 2.86. The van der Waals surface area contributed by atoms with Gasteiger partial charge in [0.2, 0.25) is 5.88 Å². The molecule has 0 amide bonds. The lowest BCUT2D eigenvalue weighted by Gasteiger charge is -2.08. The second kappa shape index (κ2) is 6.33. The number of hydrogen-bond acceptors (Lipinski definition) is 6. The van der Waals surface area contributed by atoms with Crippen LogP contribution in [0.5, 0.6) is 17.4 Å². The Morgan fingerprint density at radius 3 is 2.55 bits per heavy atom. The van der Waals surface area contributed by atoms with Crippen molar-refractivity contribution >= 4 is 21.9 Å². The molecule has 0 saturated carbocycles. The summed E-state index contributed by atoms with van der Waals surface area (Å²) in [4.78, 5) is 19.1. The number of aromatic nitrogens is 2. The zero-order valence-electron chi connectivity index (χ0n) is 10.8. The van der Waals surface area contributed by atoms with Gasteiger partial charge in [-0.1, -0.05) is 0 Å². The molecule has 0 radical (unpaired) electrons. The summed E-state index contributed by atoms with van der Waals surface area (Å²) >= 11 is 3.37. The van der Waals surface area contributed by atoms with Crippen molar-refractivity contribution in [1.29, 1.82) is 0 Å². The molecule has 0 N–H and O–H groups in total. The standard InChI is InChI=1S/C13H11BrN2O4/c1-18-8-3-4-11(9(14)5-8)20-12-7-15-10(6-16-12)13(17)19-2/h3-7H,1-2H3. The molecule has 1 heterocycles. The van der Waals surface area contributed by atoms with Gasteiger partial charge in [0, 0.05) is 0 Å². The number of benzene rings is 1. The molecule has 0 aliphatic carbocycles. The van der Waals surface area contributed by atoms with Crippen molar-refractivity contribution in [2.75, 3.05) is 14.2 Å². The van der Waals surface area contributed by atoms with Crippen molar-refractivity contribution < 1.29 is 19.0 Å². The van der Waals surface area contributed by atoms with Gasteiger partial charge in [0.1, 0.15) is 11.5 Å². The summed E-state index contributed by atoms with van der Waals surface area (Å²) in [5, 5.41) is 0. The van der Waals surface area contributed by atoms with E-state index in [2.05, 4.69) is 30.6 Å².